The molecule has 0 spiro atoms. The molecule has 0 aliphatic rings. The summed E-state index contributed by atoms with van der Waals surface area (Å²) in [5.41, 5.74) is 1.63. The predicted molar refractivity (Wildman–Crippen MR) is 69.4 cm³/mol. The first-order valence-electron chi connectivity index (χ1n) is 5.93. The summed E-state index contributed by atoms with van der Waals surface area (Å²) in [4.78, 5) is 21.7. The number of aryl methyl sites for hydroxylation is 1. The van der Waals surface area contributed by atoms with Crippen molar-refractivity contribution in [1.82, 2.24) is 0 Å². The molecule has 0 aliphatic carbocycles. The molecule has 1 aromatic carbocycles. The van der Waals surface area contributed by atoms with Crippen LogP contribution in [-0.2, 0) is 20.7 Å². The second kappa shape index (κ2) is 6.78. The van der Waals surface area contributed by atoms with Crippen LogP contribution in [0.5, 0.6) is 11.5 Å². The van der Waals surface area contributed by atoms with E-state index in [4.69, 9.17) is 14.2 Å². The summed E-state index contributed by atoms with van der Waals surface area (Å²) in [7, 11) is 1.57. The Morgan fingerprint density at radius 1 is 1.11 bits per heavy atom. The normalized spacial score (nSPS) is 9.89. The van der Waals surface area contributed by atoms with Gasteiger partial charge in [-0.15, -0.1) is 0 Å². The van der Waals surface area contributed by atoms with E-state index in [0.29, 0.717) is 17.9 Å². The van der Waals surface area contributed by atoms with Crippen molar-refractivity contribution < 1.29 is 23.8 Å². The summed E-state index contributed by atoms with van der Waals surface area (Å²) in [5, 5.41) is 0. The minimum absolute atomic E-state index is 0.258. The molecule has 1 aromatic rings. The van der Waals surface area contributed by atoms with Crippen molar-refractivity contribution in [3.8, 4) is 11.5 Å². The fourth-order valence-corrected chi connectivity index (χ4v) is 1.66. The first kappa shape index (κ1) is 15.0. The molecule has 0 aromatic heterocycles. The zero-order chi connectivity index (χ0) is 14.4. The molecule has 0 heterocycles. The lowest BCUT2D eigenvalue weighted by atomic mass is 10.1. The Bertz CT molecular complexity index is 479. The van der Waals surface area contributed by atoms with Gasteiger partial charge < -0.3 is 14.2 Å². The van der Waals surface area contributed by atoms with Gasteiger partial charge in [-0.1, -0.05) is 0 Å². The van der Waals surface area contributed by atoms with Gasteiger partial charge in [0.05, 0.1) is 13.7 Å². The van der Waals surface area contributed by atoms with E-state index in [0.717, 1.165) is 11.1 Å². The van der Waals surface area contributed by atoms with Crippen LogP contribution in [0.2, 0.25) is 0 Å². The van der Waals surface area contributed by atoms with Crippen LogP contribution in [0.3, 0.4) is 0 Å². The summed E-state index contributed by atoms with van der Waals surface area (Å²) in [6.07, 6.45) is 0.497. The molecule has 0 atom stereocenters. The zero-order valence-electron chi connectivity index (χ0n) is 11.6. The SMILES string of the molecule is COc1cc(C)c(OC(C)=O)cc1CCOC(C)=O. The van der Waals surface area contributed by atoms with Crippen LogP contribution in [0, 0.1) is 6.92 Å². The molecule has 0 bridgehead atoms. The highest BCUT2D eigenvalue weighted by atomic mass is 16.5. The Morgan fingerprint density at radius 2 is 1.79 bits per heavy atom. The molecule has 0 N–H and O–H groups in total. The monoisotopic (exact) mass is 266 g/mol. The number of carbonyl (C=O) groups is 2. The van der Waals surface area contributed by atoms with E-state index in [1.807, 2.05) is 6.92 Å². The molecule has 104 valence electrons. The van der Waals surface area contributed by atoms with Gasteiger partial charge in [0.2, 0.25) is 0 Å². The van der Waals surface area contributed by atoms with Gasteiger partial charge in [0, 0.05) is 25.8 Å². The van der Waals surface area contributed by atoms with E-state index >= 15 is 0 Å². The molecule has 1 rings (SSSR count). The van der Waals surface area contributed by atoms with E-state index in [9.17, 15) is 9.59 Å². The Morgan fingerprint density at radius 3 is 2.32 bits per heavy atom. The van der Waals surface area contributed by atoms with Crippen molar-refractivity contribution in [3.05, 3.63) is 23.3 Å². The molecule has 19 heavy (non-hydrogen) atoms. The van der Waals surface area contributed by atoms with Crippen LogP contribution in [0.1, 0.15) is 25.0 Å². The Labute approximate surface area is 112 Å². The third-order valence-electron chi connectivity index (χ3n) is 2.51. The maximum absolute atomic E-state index is 11.0. The average Bonchev–Trinajstić information content (AvgIpc) is 2.31. The molecule has 0 aliphatic heterocycles. The molecule has 0 saturated heterocycles. The predicted octanol–water partition coefficient (Wildman–Crippen LogP) is 2.03. The van der Waals surface area contributed by atoms with Crippen molar-refractivity contribution in [2.24, 2.45) is 0 Å². The minimum atomic E-state index is -0.376. The van der Waals surface area contributed by atoms with Crippen molar-refractivity contribution in [2.75, 3.05) is 13.7 Å². The van der Waals surface area contributed by atoms with Gasteiger partial charge >= 0.3 is 11.9 Å². The van der Waals surface area contributed by atoms with Crippen molar-refractivity contribution >= 4 is 11.9 Å². The highest BCUT2D eigenvalue weighted by Crippen LogP contribution is 2.29. The summed E-state index contributed by atoms with van der Waals surface area (Å²) in [6.45, 7) is 4.80. The zero-order valence-corrected chi connectivity index (χ0v) is 11.6. The van der Waals surface area contributed by atoms with E-state index in [1.54, 1.807) is 19.2 Å². The van der Waals surface area contributed by atoms with Gasteiger partial charge in [-0.25, -0.2) is 0 Å². The number of rotatable bonds is 5. The average molecular weight is 266 g/mol. The molecule has 0 unspecified atom stereocenters. The van der Waals surface area contributed by atoms with Crippen molar-refractivity contribution in [2.45, 2.75) is 27.2 Å². The number of methoxy groups -OCH3 is 1. The van der Waals surface area contributed by atoms with Gasteiger partial charge in [-0.3, -0.25) is 9.59 Å². The second-order valence-corrected chi connectivity index (χ2v) is 4.11. The molecule has 0 saturated carbocycles. The number of esters is 2. The Hall–Kier alpha value is -2.04. The van der Waals surface area contributed by atoms with E-state index in [1.165, 1.54) is 13.8 Å². The fraction of sp³-hybridized carbons (Fsp3) is 0.429. The number of carbonyl (C=O) groups excluding carboxylic acids is 2. The van der Waals surface area contributed by atoms with E-state index < -0.39 is 0 Å². The van der Waals surface area contributed by atoms with Crippen molar-refractivity contribution in [3.63, 3.8) is 0 Å². The lowest BCUT2D eigenvalue weighted by Crippen LogP contribution is -2.07. The smallest absolute Gasteiger partial charge is 0.308 e. The van der Waals surface area contributed by atoms with E-state index in [-0.39, 0.29) is 18.5 Å². The highest BCUT2D eigenvalue weighted by molar-refractivity contribution is 5.70. The maximum Gasteiger partial charge on any atom is 0.308 e. The lowest BCUT2D eigenvalue weighted by Gasteiger charge is -2.13. The van der Waals surface area contributed by atoms with Gasteiger partial charge in [0.15, 0.2) is 0 Å². The van der Waals surface area contributed by atoms with Crippen molar-refractivity contribution in [1.29, 1.82) is 0 Å². The van der Waals surface area contributed by atoms with Crippen LogP contribution in [0.15, 0.2) is 12.1 Å². The summed E-state index contributed by atoms with van der Waals surface area (Å²) < 4.78 is 15.3. The molecular formula is C14H18O5. The second-order valence-electron chi connectivity index (χ2n) is 4.11. The van der Waals surface area contributed by atoms with Crippen LogP contribution in [0.25, 0.3) is 0 Å². The minimum Gasteiger partial charge on any atom is -0.496 e. The van der Waals surface area contributed by atoms with E-state index in [2.05, 4.69) is 0 Å². The van der Waals surface area contributed by atoms with Gasteiger partial charge in [-0.05, 0) is 24.6 Å². The highest BCUT2D eigenvalue weighted by Gasteiger charge is 2.11. The number of ether oxygens (including phenoxy) is 3. The van der Waals surface area contributed by atoms with Gasteiger partial charge in [0.25, 0.3) is 0 Å². The maximum atomic E-state index is 11.0. The summed E-state index contributed by atoms with van der Waals surface area (Å²) >= 11 is 0. The Kier molecular flexibility index (Phi) is 5.36. The topological polar surface area (TPSA) is 61.8 Å². The van der Waals surface area contributed by atoms with Crippen LogP contribution in [0.4, 0.5) is 0 Å². The lowest BCUT2D eigenvalue weighted by molar-refractivity contribution is -0.140. The molecule has 0 radical (unpaired) electrons. The Balaban J connectivity index is 2.92. The van der Waals surface area contributed by atoms with Crippen LogP contribution >= 0.6 is 0 Å². The number of hydrogen-bond donors (Lipinski definition) is 0. The first-order chi connectivity index (χ1) is 8.93. The quantitative estimate of drug-likeness (QED) is 0.603. The number of hydrogen-bond acceptors (Lipinski definition) is 5. The molecule has 0 amide bonds. The summed E-state index contributed by atoms with van der Waals surface area (Å²) in [6, 6.07) is 3.53. The first-order valence-corrected chi connectivity index (χ1v) is 5.93. The molecule has 5 nitrogen and oxygen atoms in total. The van der Waals surface area contributed by atoms with Crippen LogP contribution in [-0.4, -0.2) is 25.7 Å². The largest absolute Gasteiger partial charge is 0.496 e. The standard InChI is InChI=1S/C14H18O5/c1-9-7-14(17-4)12(5-6-18-10(2)15)8-13(9)19-11(3)16/h7-8H,5-6H2,1-4H3. The molecule has 0 fully saturated rings. The summed E-state index contributed by atoms with van der Waals surface area (Å²) in [5.74, 6) is 0.470. The molecule has 5 heteroatoms. The third-order valence-corrected chi connectivity index (χ3v) is 2.51. The number of benzene rings is 1. The fourth-order valence-electron chi connectivity index (χ4n) is 1.66. The third kappa shape index (κ3) is 4.62. The van der Waals surface area contributed by atoms with Gasteiger partial charge in [0.1, 0.15) is 11.5 Å². The molecular weight excluding hydrogens is 248 g/mol. The van der Waals surface area contributed by atoms with Crippen LogP contribution < -0.4 is 9.47 Å². The van der Waals surface area contributed by atoms with Gasteiger partial charge in [-0.2, -0.15) is 0 Å².